The molecule has 3 rings (SSSR count). The van der Waals surface area contributed by atoms with E-state index in [1.807, 2.05) is 30.5 Å². The maximum Gasteiger partial charge on any atom is 0.257 e. The fourth-order valence-corrected chi connectivity index (χ4v) is 3.31. The van der Waals surface area contributed by atoms with Crippen LogP contribution in [0.4, 0.5) is 8.78 Å². The van der Waals surface area contributed by atoms with Crippen molar-refractivity contribution in [3.63, 3.8) is 0 Å². The Morgan fingerprint density at radius 2 is 1.96 bits per heavy atom. The Hall–Kier alpha value is -2.47. The molecule has 0 saturated carbocycles. The van der Waals surface area contributed by atoms with Gasteiger partial charge in [0.1, 0.15) is 17.5 Å². The van der Waals surface area contributed by atoms with Crippen molar-refractivity contribution in [2.75, 3.05) is 6.54 Å². The monoisotopic (exact) mass is 391 g/mol. The summed E-state index contributed by atoms with van der Waals surface area (Å²) in [4.78, 5) is 18.9. The molecule has 0 aliphatic heterocycles. The van der Waals surface area contributed by atoms with Crippen LogP contribution in [-0.4, -0.2) is 26.9 Å². The zero-order valence-corrected chi connectivity index (χ0v) is 15.9. The van der Waals surface area contributed by atoms with Gasteiger partial charge in [-0.1, -0.05) is 18.5 Å². The van der Waals surface area contributed by atoms with Crippen LogP contribution in [0.1, 0.15) is 36.5 Å². The number of hydrogen-bond donors (Lipinski definition) is 0. The average Bonchev–Trinajstić information content (AvgIpc) is 2.99. The van der Waals surface area contributed by atoms with E-state index < -0.39 is 17.5 Å². The van der Waals surface area contributed by atoms with Crippen LogP contribution in [0.5, 0.6) is 0 Å². The molecular formula is C20H20ClF2N3O. The van der Waals surface area contributed by atoms with Gasteiger partial charge in [-0.3, -0.25) is 4.79 Å². The Labute approximate surface area is 161 Å². The van der Waals surface area contributed by atoms with Crippen molar-refractivity contribution in [1.82, 2.24) is 14.5 Å². The minimum Gasteiger partial charge on any atom is -0.331 e. The summed E-state index contributed by atoms with van der Waals surface area (Å²) in [7, 11) is 0. The van der Waals surface area contributed by atoms with E-state index in [9.17, 15) is 13.6 Å². The van der Waals surface area contributed by atoms with Gasteiger partial charge in [0.2, 0.25) is 0 Å². The van der Waals surface area contributed by atoms with Crippen LogP contribution >= 0.6 is 11.6 Å². The first kappa shape index (κ1) is 19.3. The van der Waals surface area contributed by atoms with E-state index in [0.29, 0.717) is 30.4 Å². The topological polar surface area (TPSA) is 38.1 Å². The lowest BCUT2D eigenvalue weighted by Crippen LogP contribution is -2.33. The van der Waals surface area contributed by atoms with E-state index in [2.05, 4.69) is 4.98 Å². The summed E-state index contributed by atoms with van der Waals surface area (Å²) in [6, 6.07) is 8.31. The van der Waals surface area contributed by atoms with Crippen LogP contribution in [0.25, 0.3) is 11.0 Å². The number of hydrogen-bond acceptors (Lipinski definition) is 2. The molecule has 0 bridgehead atoms. The Morgan fingerprint density at radius 1 is 1.19 bits per heavy atom. The average molecular weight is 392 g/mol. The Bertz CT molecular complexity index is 987. The zero-order valence-electron chi connectivity index (χ0n) is 15.2. The molecule has 0 saturated heterocycles. The van der Waals surface area contributed by atoms with Gasteiger partial charge < -0.3 is 9.47 Å². The highest BCUT2D eigenvalue weighted by molar-refractivity contribution is 6.31. The van der Waals surface area contributed by atoms with Gasteiger partial charge in [-0.05, 0) is 49.7 Å². The predicted molar refractivity (Wildman–Crippen MR) is 102 cm³/mol. The molecule has 1 amide bonds. The van der Waals surface area contributed by atoms with Gasteiger partial charge in [-0.2, -0.15) is 0 Å². The van der Waals surface area contributed by atoms with E-state index in [1.165, 1.54) is 4.90 Å². The number of nitrogens with zero attached hydrogens (tertiary/aromatic N) is 3. The van der Waals surface area contributed by atoms with Crippen molar-refractivity contribution >= 4 is 28.5 Å². The van der Waals surface area contributed by atoms with Crippen molar-refractivity contribution in [1.29, 1.82) is 0 Å². The maximum absolute atomic E-state index is 14.1. The van der Waals surface area contributed by atoms with Gasteiger partial charge in [0, 0.05) is 18.1 Å². The number of imidazole rings is 1. The molecule has 0 aliphatic rings. The summed E-state index contributed by atoms with van der Waals surface area (Å²) in [6.45, 7) is 5.15. The van der Waals surface area contributed by atoms with E-state index in [-0.39, 0.29) is 12.1 Å². The lowest BCUT2D eigenvalue weighted by atomic mass is 10.1. The highest BCUT2D eigenvalue weighted by Gasteiger charge is 2.22. The van der Waals surface area contributed by atoms with Crippen LogP contribution in [0.2, 0.25) is 5.02 Å². The van der Waals surface area contributed by atoms with Crippen molar-refractivity contribution in [2.45, 2.75) is 33.4 Å². The molecule has 1 heterocycles. The normalized spacial score (nSPS) is 11.1. The number of carbonyl (C=O) groups is 1. The van der Waals surface area contributed by atoms with Crippen LogP contribution in [0, 0.1) is 11.6 Å². The summed E-state index contributed by atoms with van der Waals surface area (Å²) in [5, 5.41) is 0.604. The summed E-state index contributed by atoms with van der Waals surface area (Å²) in [6.07, 6.45) is 0.681. The molecule has 142 valence electrons. The molecule has 0 spiro atoms. The lowest BCUT2D eigenvalue weighted by molar-refractivity contribution is 0.0732. The van der Waals surface area contributed by atoms with Crippen LogP contribution in [0.15, 0.2) is 36.4 Å². The number of carbonyl (C=O) groups excluding carboxylic acids is 1. The largest absolute Gasteiger partial charge is 0.331 e. The molecule has 0 unspecified atom stereocenters. The number of rotatable bonds is 6. The highest BCUT2D eigenvalue weighted by Crippen LogP contribution is 2.22. The Morgan fingerprint density at radius 3 is 2.67 bits per heavy atom. The molecule has 0 fully saturated rings. The number of fused-ring (bicyclic) bond motifs is 1. The molecule has 7 heteroatoms. The molecule has 2 aromatic carbocycles. The summed E-state index contributed by atoms with van der Waals surface area (Å²) >= 11 is 6.09. The maximum atomic E-state index is 14.1. The van der Waals surface area contributed by atoms with E-state index in [1.54, 1.807) is 6.07 Å². The fourth-order valence-electron chi connectivity index (χ4n) is 3.14. The SMILES string of the molecule is CCCN(Cc1nc2ccc(Cl)cc2n1CC)C(=O)c1cc(F)ccc1F. The van der Waals surface area contributed by atoms with Crippen molar-refractivity contribution in [3.05, 3.63) is 64.4 Å². The first-order valence-electron chi connectivity index (χ1n) is 8.83. The van der Waals surface area contributed by atoms with Crippen LogP contribution in [-0.2, 0) is 13.1 Å². The minimum atomic E-state index is -0.738. The first-order chi connectivity index (χ1) is 12.9. The summed E-state index contributed by atoms with van der Waals surface area (Å²) in [5.41, 5.74) is 1.38. The molecule has 3 aromatic rings. The molecular weight excluding hydrogens is 372 g/mol. The second-order valence-corrected chi connectivity index (χ2v) is 6.69. The van der Waals surface area contributed by atoms with Gasteiger partial charge in [-0.25, -0.2) is 13.8 Å². The van der Waals surface area contributed by atoms with E-state index >= 15 is 0 Å². The van der Waals surface area contributed by atoms with Gasteiger partial charge in [0.05, 0.1) is 23.1 Å². The Balaban J connectivity index is 1.98. The number of halogens is 3. The van der Waals surface area contributed by atoms with E-state index in [4.69, 9.17) is 11.6 Å². The summed E-state index contributed by atoms with van der Waals surface area (Å²) in [5.74, 6) is -1.26. The first-order valence-corrected chi connectivity index (χ1v) is 9.21. The number of amides is 1. The molecule has 1 aromatic heterocycles. The molecule has 27 heavy (non-hydrogen) atoms. The number of aryl methyl sites for hydroxylation is 1. The molecule has 0 aliphatic carbocycles. The number of benzene rings is 2. The van der Waals surface area contributed by atoms with Crippen LogP contribution in [0.3, 0.4) is 0 Å². The third kappa shape index (κ3) is 3.95. The lowest BCUT2D eigenvalue weighted by Gasteiger charge is -2.22. The minimum absolute atomic E-state index is 0.197. The Kier molecular flexibility index (Phi) is 5.75. The zero-order chi connectivity index (χ0) is 19.6. The van der Waals surface area contributed by atoms with Gasteiger partial charge in [0.25, 0.3) is 5.91 Å². The summed E-state index contributed by atoms with van der Waals surface area (Å²) < 4.78 is 29.6. The second kappa shape index (κ2) is 8.05. The molecule has 0 radical (unpaired) electrons. The van der Waals surface area contributed by atoms with Crippen molar-refractivity contribution in [2.24, 2.45) is 0 Å². The predicted octanol–water partition coefficient (Wildman–Crippen LogP) is 5.04. The van der Waals surface area contributed by atoms with Crippen molar-refractivity contribution < 1.29 is 13.6 Å². The van der Waals surface area contributed by atoms with Crippen molar-refractivity contribution in [3.8, 4) is 0 Å². The molecule has 0 atom stereocenters. The fraction of sp³-hybridized carbons (Fsp3) is 0.300. The van der Waals surface area contributed by atoms with Gasteiger partial charge in [-0.15, -0.1) is 0 Å². The molecule has 4 nitrogen and oxygen atoms in total. The standard InChI is InChI=1S/C20H20ClF2N3O/c1-3-9-25(20(27)15-11-14(22)6-7-16(15)23)12-19-24-17-8-5-13(21)10-18(17)26(19)4-2/h5-8,10-11H,3-4,9,12H2,1-2H3. The third-order valence-corrected chi connectivity index (χ3v) is 4.61. The number of aromatic nitrogens is 2. The van der Waals surface area contributed by atoms with Crippen LogP contribution < -0.4 is 0 Å². The van der Waals surface area contributed by atoms with Gasteiger partial charge >= 0.3 is 0 Å². The molecule has 0 N–H and O–H groups in total. The third-order valence-electron chi connectivity index (χ3n) is 4.38. The highest BCUT2D eigenvalue weighted by atomic mass is 35.5. The smallest absolute Gasteiger partial charge is 0.257 e. The van der Waals surface area contributed by atoms with Gasteiger partial charge in [0.15, 0.2) is 0 Å². The van der Waals surface area contributed by atoms with E-state index in [0.717, 1.165) is 29.2 Å². The second-order valence-electron chi connectivity index (χ2n) is 6.26. The quantitative estimate of drug-likeness (QED) is 0.590.